The number of piperazine rings is 1. The van der Waals surface area contributed by atoms with E-state index < -0.39 is 11.6 Å². The lowest BCUT2D eigenvalue weighted by Crippen LogP contribution is -2.46. The van der Waals surface area contributed by atoms with Crippen LogP contribution in [0.1, 0.15) is 10.4 Å². The summed E-state index contributed by atoms with van der Waals surface area (Å²) in [4.78, 5) is 13.7. The Bertz CT molecular complexity index is 453. The van der Waals surface area contributed by atoms with Crippen LogP contribution in [0.2, 0.25) is 0 Å². The number of rotatable bonds is 1. The summed E-state index contributed by atoms with van der Waals surface area (Å²) in [7, 11) is 0. The van der Waals surface area contributed by atoms with E-state index in [9.17, 15) is 13.6 Å². The van der Waals surface area contributed by atoms with E-state index in [1.165, 1.54) is 0 Å². The molecule has 3 nitrogen and oxygen atoms in total. The number of carbonyl (C=O) groups is 1. The van der Waals surface area contributed by atoms with E-state index in [0.717, 1.165) is 12.1 Å². The second-order valence-electron chi connectivity index (χ2n) is 3.79. The zero-order valence-electron chi connectivity index (χ0n) is 9.38. The maximum Gasteiger partial charge on any atom is 0.255 e. The van der Waals surface area contributed by atoms with Gasteiger partial charge in [-0.05, 0) is 28.1 Å². The fourth-order valence-corrected chi connectivity index (χ4v) is 2.21. The minimum Gasteiger partial charge on any atom is -0.336 e. The first-order valence-corrected chi connectivity index (χ1v) is 6.03. The van der Waals surface area contributed by atoms with Crippen LogP contribution in [-0.2, 0) is 0 Å². The predicted octanol–water partition coefficient (Wildman–Crippen LogP) is 2.19. The number of benzene rings is 1. The molecule has 1 saturated heterocycles. The van der Waals surface area contributed by atoms with E-state index in [4.69, 9.17) is 0 Å². The van der Waals surface area contributed by atoms with Gasteiger partial charge in [-0.15, -0.1) is 12.4 Å². The highest BCUT2D eigenvalue weighted by atomic mass is 79.9. The van der Waals surface area contributed by atoms with E-state index in [2.05, 4.69) is 21.2 Å². The van der Waals surface area contributed by atoms with E-state index in [1.807, 2.05) is 0 Å². The first kappa shape index (κ1) is 15.3. The number of amides is 1. The summed E-state index contributed by atoms with van der Waals surface area (Å²) < 4.78 is 26.3. The highest BCUT2D eigenvalue weighted by molar-refractivity contribution is 9.10. The van der Waals surface area contributed by atoms with Crippen molar-refractivity contribution in [3.8, 4) is 0 Å². The molecular formula is C11H12BrClF2N2O. The summed E-state index contributed by atoms with van der Waals surface area (Å²) in [5, 5.41) is 3.12. The average molecular weight is 342 g/mol. The summed E-state index contributed by atoms with van der Waals surface area (Å²) >= 11 is 3.08. The third-order valence-electron chi connectivity index (χ3n) is 2.64. The molecule has 18 heavy (non-hydrogen) atoms. The minimum atomic E-state index is -1.01. The van der Waals surface area contributed by atoms with Crippen molar-refractivity contribution in [1.29, 1.82) is 0 Å². The second kappa shape index (κ2) is 6.45. The molecule has 1 aliphatic rings. The summed E-state index contributed by atoms with van der Waals surface area (Å²) in [6.07, 6.45) is 0. The molecule has 1 amide bonds. The molecule has 1 aliphatic heterocycles. The van der Waals surface area contributed by atoms with Crippen LogP contribution >= 0.6 is 28.3 Å². The zero-order valence-corrected chi connectivity index (χ0v) is 11.8. The van der Waals surface area contributed by atoms with Crippen LogP contribution in [0.25, 0.3) is 0 Å². The maximum absolute atomic E-state index is 13.1. The number of hydrogen-bond donors (Lipinski definition) is 1. The van der Waals surface area contributed by atoms with Gasteiger partial charge in [0.1, 0.15) is 0 Å². The Labute approximate surface area is 118 Å². The van der Waals surface area contributed by atoms with Gasteiger partial charge in [0.15, 0.2) is 11.6 Å². The molecule has 7 heteroatoms. The number of nitrogens with zero attached hydrogens (tertiary/aromatic N) is 1. The summed E-state index contributed by atoms with van der Waals surface area (Å²) in [5.41, 5.74) is 0.158. The average Bonchev–Trinajstić information content (AvgIpc) is 2.34. The van der Waals surface area contributed by atoms with Gasteiger partial charge in [0.25, 0.3) is 5.91 Å². The largest absolute Gasteiger partial charge is 0.336 e. The van der Waals surface area contributed by atoms with Gasteiger partial charge in [-0.3, -0.25) is 4.79 Å². The quantitative estimate of drug-likeness (QED) is 0.794. The summed E-state index contributed by atoms with van der Waals surface area (Å²) in [5.74, 6) is -2.25. The Morgan fingerprint density at radius 2 is 1.78 bits per heavy atom. The van der Waals surface area contributed by atoms with Gasteiger partial charge < -0.3 is 10.2 Å². The molecule has 2 rings (SSSR count). The van der Waals surface area contributed by atoms with Crippen molar-refractivity contribution in [2.24, 2.45) is 0 Å². The Kier molecular flexibility index (Phi) is 5.49. The van der Waals surface area contributed by atoms with Crippen LogP contribution in [0, 0.1) is 11.6 Å². The SMILES string of the molecule is Cl.O=C(c1cc(F)c(F)cc1Br)N1CCNCC1. The molecule has 0 unspecified atom stereocenters. The van der Waals surface area contributed by atoms with Crippen molar-refractivity contribution in [1.82, 2.24) is 10.2 Å². The predicted molar refractivity (Wildman–Crippen MR) is 70.1 cm³/mol. The molecule has 0 radical (unpaired) electrons. The van der Waals surface area contributed by atoms with Crippen molar-refractivity contribution in [2.75, 3.05) is 26.2 Å². The van der Waals surface area contributed by atoms with E-state index >= 15 is 0 Å². The number of hydrogen-bond acceptors (Lipinski definition) is 2. The van der Waals surface area contributed by atoms with Crippen LogP contribution in [0.4, 0.5) is 8.78 Å². The smallest absolute Gasteiger partial charge is 0.255 e. The molecular weight excluding hydrogens is 329 g/mol. The first-order valence-electron chi connectivity index (χ1n) is 5.24. The fraction of sp³-hybridized carbons (Fsp3) is 0.364. The van der Waals surface area contributed by atoms with Crippen LogP contribution in [-0.4, -0.2) is 37.0 Å². The van der Waals surface area contributed by atoms with Crippen LogP contribution in [0.15, 0.2) is 16.6 Å². The van der Waals surface area contributed by atoms with Gasteiger partial charge in [-0.25, -0.2) is 8.78 Å². The summed E-state index contributed by atoms with van der Waals surface area (Å²) in [6, 6.07) is 1.91. The molecule has 1 fully saturated rings. The molecule has 1 heterocycles. The molecule has 0 aromatic heterocycles. The molecule has 1 aromatic carbocycles. The maximum atomic E-state index is 13.1. The lowest BCUT2D eigenvalue weighted by Gasteiger charge is -2.27. The van der Waals surface area contributed by atoms with Crippen molar-refractivity contribution in [3.05, 3.63) is 33.8 Å². The molecule has 0 saturated carbocycles. The van der Waals surface area contributed by atoms with Gasteiger partial charge in [-0.1, -0.05) is 0 Å². The van der Waals surface area contributed by atoms with Gasteiger partial charge in [-0.2, -0.15) is 0 Å². The van der Waals surface area contributed by atoms with Crippen LogP contribution in [0.5, 0.6) is 0 Å². The van der Waals surface area contributed by atoms with Gasteiger partial charge in [0, 0.05) is 30.7 Å². The minimum absolute atomic E-state index is 0. The lowest BCUT2D eigenvalue weighted by molar-refractivity contribution is 0.0734. The first-order chi connectivity index (χ1) is 8.09. The Morgan fingerprint density at radius 1 is 1.22 bits per heavy atom. The monoisotopic (exact) mass is 340 g/mol. The Balaban J connectivity index is 0.00000162. The molecule has 1 N–H and O–H groups in total. The van der Waals surface area contributed by atoms with Crippen LogP contribution in [0.3, 0.4) is 0 Å². The molecule has 0 atom stereocenters. The lowest BCUT2D eigenvalue weighted by atomic mass is 10.1. The van der Waals surface area contributed by atoms with Gasteiger partial charge in [0.05, 0.1) is 5.56 Å². The molecule has 0 spiro atoms. The van der Waals surface area contributed by atoms with E-state index in [0.29, 0.717) is 26.2 Å². The van der Waals surface area contributed by atoms with E-state index in [-0.39, 0.29) is 28.4 Å². The van der Waals surface area contributed by atoms with Crippen molar-refractivity contribution in [2.45, 2.75) is 0 Å². The highest BCUT2D eigenvalue weighted by Crippen LogP contribution is 2.22. The van der Waals surface area contributed by atoms with Gasteiger partial charge >= 0.3 is 0 Å². The van der Waals surface area contributed by atoms with Crippen molar-refractivity contribution >= 4 is 34.2 Å². The summed E-state index contributed by atoms with van der Waals surface area (Å²) in [6.45, 7) is 2.58. The molecule has 0 aliphatic carbocycles. The zero-order chi connectivity index (χ0) is 12.4. The number of halogens is 4. The molecule has 1 aromatic rings. The fourth-order valence-electron chi connectivity index (χ4n) is 1.72. The Hall–Kier alpha value is -0.720. The number of carbonyl (C=O) groups excluding carboxylic acids is 1. The standard InChI is InChI=1S/C11H11BrF2N2O.ClH/c12-8-6-10(14)9(13)5-7(8)11(17)16-3-1-15-2-4-16;/h5-6,15H,1-4H2;1H. The third kappa shape index (κ3) is 3.18. The third-order valence-corrected chi connectivity index (χ3v) is 3.30. The van der Waals surface area contributed by atoms with Crippen molar-refractivity contribution < 1.29 is 13.6 Å². The molecule has 0 bridgehead atoms. The van der Waals surface area contributed by atoms with Crippen molar-refractivity contribution in [3.63, 3.8) is 0 Å². The second-order valence-corrected chi connectivity index (χ2v) is 4.64. The Morgan fingerprint density at radius 3 is 2.39 bits per heavy atom. The number of nitrogens with one attached hydrogen (secondary N) is 1. The highest BCUT2D eigenvalue weighted by Gasteiger charge is 2.21. The van der Waals surface area contributed by atoms with Gasteiger partial charge in [0.2, 0.25) is 0 Å². The topological polar surface area (TPSA) is 32.3 Å². The van der Waals surface area contributed by atoms with E-state index in [1.54, 1.807) is 4.90 Å². The molecule has 100 valence electrons. The normalized spacial score (nSPS) is 15.2. The van der Waals surface area contributed by atoms with Crippen LogP contribution < -0.4 is 5.32 Å².